The van der Waals surface area contributed by atoms with E-state index in [1.807, 2.05) is 30.3 Å². The number of amidine groups is 1. The van der Waals surface area contributed by atoms with Gasteiger partial charge in [0, 0.05) is 25.9 Å². The summed E-state index contributed by atoms with van der Waals surface area (Å²) >= 11 is 0. The zero-order valence-electron chi connectivity index (χ0n) is 13.0. The lowest BCUT2D eigenvalue weighted by Crippen LogP contribution is -2.20. The number of likely N-dealkylation sites (N-methyl/N-ethyl adjacent to an activating group) is 1. The quantitative estimate of drug-likeness (QED) is 0.787. The number of para-hydroxylation sites is 1. The highest BCUT2D eigenvalue weighted by Gasteiger charge is 2.25. The molecule has 3 heteroatoms. The van der Waals surface area contributed by atoms with E-state index < -0.39 is 0 Å². The maximum Gasteiger partial charge on any atom is 0.119 e. The van der Waals surface area contributed by atoms with Crippen LogP contribution in [0.5, 0.6) is 5.75 Å². The first-order chi connectivity index (χ1) is 10.8. The lowest BCUT2D eigenvalue weighted by atomic mass is 9.98. The van der Waals surface area contributed by atoms with Crippen molar-refractivity contribution in [3.8, 4) is 5.75 Å². The highest BCUT2D eigenvalue weighted by Crippen LogP contribution is 2.27. The van der Waals surface area contributed by atoms with Crippen molar-refractivity contribution in [2.75, 3.05) is 26.7 Å². The zero-order valence-corrected chi connectivity index (χ0v) is 13.0. The smallest absolute Gasteiger partial charge is 0.119 e. The van der Waals surface area contributed by atoms with Crippen molar-refractivity contribution in [2.24, 2.45) is 4.99 Å². The molecule has 0 aromatic heterocycles. The van der Waals surface area contributed by atoms with Crippen LogP contribution in [-0.2, 0) is 0 Å². The first-order valence-corrected chi connectivity index (χ1v) is 7.80. The van der Waals surface area contributed by atoms with E-state index in [0.717, 1.165) is 18.7 Å². The van der Waals surface area contributed by atoms with Gasteiger partial charge in [-0.2, -0.15) is 0 Å². The van der Waals surface area contributed by atoms with Crippen molar-refractivity contribution in [3.05, 3.63) is 66.2 Å². The molecule has 0 N–H and O–H groups in total. The van der Waals surface area contributed by atoms with Gasteiger partial charge in [0.2, 0.25) is 0 Å². The van der Waals surface area contributed by atoms with Crippen LogP contribution in [0.1, 0.15) is 17.9 Å². The second kappa shape index (κ2) is 7.12. The second-order valence-corrected chi connectivity index (χ2v) is 5.65. The Bertz CT molecular complexity index is 610. The first kappa shape index (κ1) is 14.6. The number of likely N-dealkylation sites (tertiary alicyclic amines) is 1. The first-order valence-electron chi connectivity index (χ1n) is 7.80. The summed E-state index contributed by atoms with van der Waals surface area (Å²) in [6.45, 7) is 2.37. The van der Waals surface area contributed by atoms with Gasteiger partial charge in [-0.25, -0.2) is 0 Å². The van der Waals surface area contributed by atoms with Crippen LogP contribution in [0, 0.1) is 0 Å². The Morgan fingerprint density at radius 1 is 1.05 bits per heavy atom. The maximum atomic E-state index is 5.69. The molecule has 3 nitrogen and oxygen atoms in total. The summed E-state index contributed by atoms with van der Waals surface area (Å²) in [6, 6.07) is 20.6. The highest BCUT2D eigenvalue weighted by atomic mass is 16.5. The average molecular weight is 294 g/mol. The fraction of sp³-hybridized carbons (Fsp3) is 0.316. The van der Waals surface area contributed by atoms with Gasteiger partial charge in [-0.05, 0) is 17.7 Å². The summed E-state index contributed by atoms with van der Waals surface area (Å²) < 4.78 is 5.69. The number of nitrogens with zero attached hydrogens (tertiary/aromatic N) is 2. The Kier molecular flexibility index (Phi) is 4.74. The number of aliphatic imine (C=N–C) groups is 1. The molecule has 1 unspecified atom stereocenters. The van der Waals surface area contributed by atoms with Crippen LogP contribution in [0.4, 0.5) is 0 Å². The third-order valence-electron chi connectivity index (χ3n) is 4.03. The molecule has 0 bridgehead atoms. The van der Waals surface area contributed by atoms with E-state index in [4.69, 9.17) is 9.73 Å². The fourth-order valence-corrected chi connectivity index (χ4v) is 2.87. The molecule has 22 heavy (non-hydrogen) atoms. The van der Waals surface area contributed by atoms with Crippen molar-refractivity contribution >= 4 is 5.84 Å². The molecule has 0 spiro atoms. The van der Waals surface area contributed by atoms with Gasteiger partial charge in [0.15, 0.2) is 0 Å². The molecular formula is C19H22N2O. The standard InChI is InChI=1S/C19H22N2O/c1-21-15-17(16-8-4-2-5-9-16)14-19(21)20-12-13-22-18-10-6-3-7-11-18/h2-11,17H,12-15H2,1H3. The van der Waals surface area contributed by atoms with Gasteiger partial charge in [0.1, 0.15) is 12.4 Å². The highest BCUT2D eigenvalue weighted by molar-refractivity contribution is 5.85. The van der Waals surface area contributed by atoms with Crippen molar-refractivity contribution in [3.63, 3.8) is 0 Å². The number of ether oxygens (including phenoxy) is 1. The number of hydrogen-bond acceptors (Lipinski definition) is 2. The number of rotatable bonds is 5. The molecule has 1 heterocycles. The lowest BCUT2D eigenvalue weighted by Gasteiger charge is -2.12. The maximum absolute atomic E-state index is 5.69. The molecule has 0 amide bonds. The van der Waals surface area contributed by atoms with E-state index >= 15 is 0 Å². The second-order valence-electron chi connectivity index (χ2n) is 5.65. The molecule has 0 saturated carbocycles. The van der Waals surface area contributed by atoms with Crippen LogP contribution >= 0.6 is 0 Å². The molecule has 0 aliphatic carbocycles. The summed E-state index contributed by atoms with van der Waals surface area (Å²) in [6.07, 6.45) is 1.02. The van der Waals surface area contributed by atoms with Gasteiger partial charge in [0.05, 0.1) is 12.4 Å². The van der Waals surface area contributed by atoms with Gasteiger partial charge in [-0.3, -0.25) is 4.99 Å². The van der Waals surface area contributed by atoms with E-state index in [-0.39, 0.29) is 0 Å². The van der Waals surface area contributed by atoms with Crippen molar-refractivity contribution < 1.29 is 4.74 Å². The average Bonchev–Trinajstić information content (AvgIpc) is 2.94. The van der Waals surface area contributed by atoms with Crippen molar-refractivity contribution in [2.45, 2.75) is 12.3 Å². The summed E-state index contributed by atoms with van der Waals surface area (Å²) in [5.41, 5.74) is 1.40. The molecule has 2 aromatic rings. The SMILES string of the molecule is CN1CC(c2ccccc2)CC1=NCCOc1ccccc1. The zero-order chi connectivity index (χ0) is 15.2. The molecule has 1 atom stereocenters. The van der Waals surface area contributed by atoms with Crippen LogP contribution in [0.15, 0.2) is 65.7 Å². The normalized spacial score (nSPS) is 19.6. The van der Waals surface area contributed by atoms with Crippen LogP contribution in [-0.4, -0.2) is 37.5 Å². The predicted molar refractivity (Wildman–Crippen MR) is 90.7 cm³/mol. The molecule has 3 rings (SSSR count). The Morgan fingerprint density at radius 3 is 2.45 bits per heavy atom. The molecule has 0 radical (unpaired) electrons. The van der Waals surface area contributed by atoms with E-state index in [0.29, 0.717) is 19.1 Å². The lowest BCUT2D eigenvalue weighted by molar-refractivity contribution is 0.328. The fourth-order valence-electron chi connectivity index (χ4n) is 2.87. The van der Waals surface area contributed by atoms with E-state index in [2.05, 4.69) is 42.3 Å². The van der Waals surface area contributed by atoms with Gasteiger partial charge < -0.3 is 9.64 Å². The molecule has 114 valence electrons. The van der Waals surface area contributed by atoms with Gasteiger partial charge >= 0.3 is 0 Å². The Morgan fingerprint density at radius 2 is 1.73 bits per heavy atom. The third-order valence-corrected chi connectivity index (χ3v) is 4.03. The van der Waals surface area contributed by atoms with Gasteiger partial charge in [0.25, 0.3) is 0 Å². The molecular weight excluding hydrogens is 272 g/mol. The van der Waals surface area contributed by atoms with Crippen molar-refractivity contribution in [1.29, 1.82) is 0 Å². The molecule has 1 aliphatic rings. The van der Waals surface area contributed by atoms with Gasteiger partial charge in [-0.15, -0.1) is 0 Å². The molecule has 1 fully saturated rings. The Hall–Kier alpha value is -2.29. The number of benzene rings is 2. The molecule has 1 saturated heterocycles. The minimum absolute atomic E-state index is 0.556. The monoisotopic (exact) mass is 294 g/mol. The largest absolute Gasteiger partial charge is 0.492 e. The van der Waals surface area contributed by atoms with E-state index in [9.17, 15) is 0 Å². The van der Waals surface area contributed by atoms with Crippen LogP contribution < -0.4 is 4.74 Å². The summed E-state index contributed by atoms with van der Waals surface area (Å²) in [5.74, 6) is 2.65. The summed E-state index contributed by atoms with van der Waals surface area (Å²) in [4.78, 5) is 6.98. The van der Waals surface area contributed by atoms with Crippen LogP contribution in [0.3, 0.4) is 0 Å². The molecule has 2 aromatic carbocycles. The summed E-state index contributed by atoms with van der Waals surface area (Å²) in [7, 11) is 2.12. The van der Waals surface area contributed by atoms with Crippen molar-refractivity contribution in [1.82, 2.24) is 4.90 Å². The topological polar surface area (TPSA) is 24.8 Å². The predicted octanol–water partition coefficient (Wildman–Crippen LogP) is 3.58. The van der Waals surface area contributed by atoms with Crippen LogP contribution in [0.25, 0.3) is 0 Å². The van der Waals surface area contributed by atoms with E-state index in [1.165, 1.54) is 11.4 Å². The molecule has 1 aliphatic heterocycles. The third kappa shape index (κ3) is 3.67. The van der Waals surface area contributed by atoms with Gasteiger partial charge in [-0.1, -0.05) is 48.5 Å². The Balaban J connectivity index is 1.52. The Labute approximate surface area is 132 Å². The van der Waals surface area contributed by atoms with E-state index in [1.54, 1.807) is 0 Å². The summed E-state index contributed by atoms with van der Waals surface area (Å²) in [5, 5.41) is 0. The minimum Gasteiger partial charge on any atom is -0.492 e. The van der Waals surface area contributed by atoms with Crippen LogP contribution in [0.2, 0.25) is 0 Å². The number of hydrogen-bond donors (Lipinski definition) is 0. The minimum atomic E-state index is 0.556.